The van der Waals surface area contributed by atoms with Gasteiger partial charge < -0.3 is 9.84 Å². The van der Waals surface area contributed by atoms with Gasteiger partial charge in [-0.05, 0) is 24.6 Å². The van der Waals surface area contributed by atoms with Crippen molar-refractivity contribution in [1.29, 1.82) is 0 Å². The van der Waals surface area contributed by atoms with Crippen LogP contribution in [0.15, 0.2) is 28.8 Å². The molecular formula is C17H18N2O2. The minimum atomic E-state index is -0.264. The molecule has 1 N–H and O–H groups in total. The maximum atomic E-state index is 12.2. The molecule has 0 saturated carbocycles. The van der Waals surface area contributed by atoms with E-state index in [4.69, 9.17) is 10.9 Å². The lowest BCUT2D eigenvalue weighted by Gasteiger charge is -2.12. The Morgan fingerprint density at radius 2 is 2.05 bits per heavy atom. The predicted octanol–water partition coefficient (Wildman–Crippen LogP) is 3.51. The number of nitrogens with one attached hydrogen (secondary N) is 1. The third-order valence-electron chi connectivity index (χ3n) is 3.15. The molecule has 21 heavy (non-hydrogen) atoms. The monoisotopic (exact) mass is 282 g/mol. The standard InChI is InChI=1S/C17H18N2O2/c1-6-12-9-13(8-7-11(12)2)16(20)18-15-10-14(21-19-15)17(3,4)5/h1,7-10H,2-5H3,(H,18,19,20). The number of carbonyl (C=O) groups is 1. The number of anilines is 1. The molecule has 108 valence electrons. The van der Waals surface area contributed by atoms with Gasteiger partial charge >= 0.3 is 0 Å². The number of benzene rings is 1. The van der Waals surface area contributed by atoms with Crippen LogP contribution in [0.5, 0.6) is 0 Å². The lowest BCUT2D eigenvalue weighted by atomic mass is 9.93. The Bertz CT molecular complexity index is 715. The van der Waals surface area contributed by atoms with E-state index in [0.29, 0.717) is 22.7 Å². The molecule has 0 aliphatic carbocycles. The van der Waals surface area contributed by atoms with Gasteiger partial charge in [0, 0.05) is 22.6 Å². The SMILES string of the molecule is C#Cc1cc(C(=O)Nc2cc(C(C)(C)C)on2)ccc1C. The zero-order chi connectivity index (χ0) is 15.6. The third kappa shape index (κ3) is 3.32. The maximum Gasteiger partial charge on any atom is 0.256 e. The highest BCUT2D eigenvalue weighted by Gasteiger charge is 2.20. The molecule has 0 fully saturated rings. The molecule has 1 heterocycles. The number of rotatable bonds is 2. The van der Waals surface area contributed by atoms with Crippen LogP contribution in [0.4, 0.5) is 5.82 Å². The van der Waals surface area contributed by atoms with Crippen molar-refractivity contribution in [2.75, 3.05) is 5.32 Å². The van der Waals surface area contributed by atoms with E-state index < -0.39 is 0 Å². The van der Waals surface area contributed by atoms with Crippen LogP contribution < -0.4 is 5.32 Å². The first-order chi connectivity index (χ1) is 9.81. The van der Waals surface area contributed by atoms with Crippen LogP contribution in [-0.2, 0) is 5.41 Å². The lowest BCUT2D eigenvalue weighted by molar-refractivity contribution is 0.102. The zero-order valence-electron chi connectivity index (χ0n) is 12.7. The lowest BCUT2D eigenvalue weighted by Crippen LogP contribution is -2.13. The summed E-state index contributed by atoms with van der Waals surface area (Å²) in [6.07, 6.45) is 5.41. The highest BCUT2D eigenvalue weighted by atomic mass is 16.5. The summed E-state index contributed by atoms with van der Waals surface area (Å²) in [4.78, 5) is 12.2. The fraction of sp³-hybridized carbons (Fsp3) is 0.294. The number of aryl methyl sites for hydroxylation is 1. The minimum absolute atomic E-state index is 0.156. The van der Waals surface area contributed by atoms with E-state index in [1.165, 1.54) is 0 Å². The van der Waals surface area contributed by atoms with Crippen molar-refractivity contribution in [3.63, 3.8) is 0 Å². The van der Waals surface area contributed by atoms with Crippen LogP contribution in [0.3, 0.4) is 0 Å². The van der Waals surface area contributed by atoms with Crippen molar-refractivity contribution >= 4 is 11.7 Å². The fourth-order valence-corrected chi connectivity index (χ4v) is 1.79. The van der Waals surface area contributed by atoms with Gasteiger partial charge in [0.2, 0.25) is 0 Å². The summed E-state index contributed by atoms with van der Waals surface area (Å²) in [5.41, 5.74) is 2.01. The Kier molecular flexibility index (Phi) is 3.86. The van der Waals surface area contributed by atoms with Gasteiger partial charge in [0.25, 0.3) is 5.91 Å². The molecule has 4 nitrogen and oxygen atoms in total. The van der Waals surface area contributed by atoms with Gasteiger partial charge in [0.1, 0.15) is 5.76 Å². The summed E-state index contributed by atoms with van der Waals surface area (Å²) in [6, 6.07) is 6.98. The summed E-state index contributed by atoms with van der Waals surface area (Å²) in [5, 5.41) is 6.57. The zero-order valence-corrected chi connectivity index (χ0v) is 12.7. The second kappa shape index (κ2) is 5.45. The van der Waals surface area contributed by atoms with Gasteiger partial charge in [0.05, 0.1) is 0 Å². The van der Waals surface area contributed by atoms with Crippen LogP contribution in [0.25, 0.3) is 0 Å². The van der Waals surface area contributed by atoms with Gasteiger partial charge in [-0.15, -0.1) is 6.42 Å². The first-order valence-corrected chi connectivity index (χ1v) is 6.67. The number of terminal acetylenes is 1. The number of hydrogen-bond donors (Lipinski definition) is 1. The molecule has 2 aromatic rings. The summed E-state index contributed by atoms with van der Waals surface area (Å²) in [5.74, 6) is 3.41. The van der Waals surface area contributed by atoms with Crippen molar-refractivity contribution in [3.8, 4) is 12.3 Å². The summed E-state index contributed by atoms with van der Waals surface area (Å²) in [6.45, 7) is 7.94. The predicted molar refractivity (Wildman–Crippen MR) is 82.3 cm³/mol. The van der Waals surface area contributed by atoms with Crippen molar-refractivity contribution in [1.82, 2.24) is 5.16 Å². The normalized spacial score (nSPS) is 11.0. The largest absolute Gasteiger partial charge is 0.359 e. The van der Waals surface area contributed by atoms with Gasteiger partial charge in [-0.3, -0.25) is 4.79 Å². The molecule has 2 rings (SSSR count). The van der Waals surface area contributed by atoms with E-state index in [0.717, 1.165) is 5.56 Å². The first-order valence-electron chi connectivity index (χ1n) is 6.67. The van der Waals surface area contributed by atoms with E-state index in [1.807, 2.05) is 33.8 Å². The second-order valence-electron chi connectivity index (χ2n) is 5.95. The molecule has 0 aliphatic heterocycles. The second-order valence-corrected chi connectivity index (χ2v) is 5.95. The third-order valence-corrected chi connectivity index (χ3v) is 3.15. The van der Waals surface area contributed by atoms with Gasteiger partial charge in [0.15, 0.2) is 5.82 Å². The molecule has 1 aromatic heterocycles. The Hall–Kier alpha value is -2.54. The van der Waals surface area contributed by atoms with E-state index in [-0.39, 0.29) is 11.3 Å². The molecule has 0 atom stereocenters. The van der Waals surface area contributed by atoms with Crippen LogP contribution in [-0.4, -0.2) is 11.1 Å². The Labute approximate surface area is 124 Å². The van der Waals surface area contributed by atoms with E-state index >= 15 is 0 Å². The van der Waals surface area contributed by atoms with E-state index in [1.54, 1.807) is 18.2 Å². The van der Waals surface area contributed by atoms with Crippen LogP contribution >= 0.6 is 0 Å². The molecule has 4 heteroatoms. The van der Waals surface area contributed by atoms with E-state index in [2.05, 4.69) is 16.4 Å². The molecule has 0 aliphatic rings. The average molecular weight is 282 g/mol. The fourth-order valence-electron chi connectivity index (χ4n) is 1.79. The number of nitrogens with zero attached hydrogens (tertiary/aromatic N) is 1. The molecule has 1 amide bonds. The Morgan fingerprint density at radius 1 is 1.33 bits per heavy atom. The molecule has 0 radical (unpaired) electrons. The van der Waals surface area contributed by atoms with Crippen molar-refractivity contribution in [2.24, 2.45) is 0 Å². The molecule has 0 bridgehead atoms. The van der Waals surface area contributed by atoms with Gasteiger partial charge in [-0.25, -0.2) is 0 Å². The summed E-state index contributed by atoms with van der Waals surface area (Å²) >= 11 is 0. The van der Waals surface area contributed by atoms with Crippen molar-refractivity contribution in [3.05, 3.63) is 46.7 Å². The highest BCUT2D eigenvalue weighted by molar-refractivity contribution is 6.04. The molecule has 0 spiro atoms. The molecular weight excluding hydrogens is 264 g/mol. The number of carbonyl (C=O) groups excluding carboxylic acids is 1. The highest BCUT2D eigenvalue weighted by Crippen LogP contribution is 2.24. The number of aromatic nitrogens is 1. The first kappa shape index (κ1) is 14.9. The van der Waals surface area contributed by atoms with Crippen molar-refractivity contribution < 1.29 is 9.32 Å². The smallest absolute Gasteiger partial charge is 0.256 e. The molecule has 0 saturated heterocycles. The molecule has 1 aromatic carbocycles. The summed E-state index contributed by atoms with van der Waals surface area (Å²) in [7, 11) is 0. The summed E-state index contributed by atoms with van der Waals surface area (Å²) < 4.78 is 5.23. The van der Waals surface area contributed by atoms with Crippen LogP contribution in [0.2, 0.25) is 0 Å². The van der Waals surface area contributed by atoms with Gasteiger partial charge in [-0.2, -0.15) is 0 Å². The number of amides is 1. The average Bonchev–Trinajstić information content (AvgIpc) is 2.87. The van der Waals surface area contributed by atoms with Crippen molar-refractivity contribution in [2.45, 2.75) is 33.1 Å². The van der Waals surface area contributed by atoms with Gasteiger partial charge in [-0.1, -0.05) is 37.9 Å². The minimum Gasteiger partial charge on any atom is -0.359 e. The Balaban J connectivity index is 2.19. The van der Waals surface area contributed by atoms with Crippen LogP contribution in [0.1, 0.15) is 48.0 Å². The van der Waals surface area contributed by atoms with E-state index in [9.17, 15) is 4.79 Å². The number of hydrogen-bond acceptors (Lipinski definition) is 3. The Morgan fingerprint density at radius 3 is 2.62 bits per heavy atom. The maximum absolute atomic E-state index is 12.2. The topological polar surface area (TPSA) is 55.1 Å². The quantitative estimate of drug-likeness (QED) is 0.857. The molecule has 0 unspecified atom stereocenters. The van der Waals surface area contributed by atoms with Crippen LogP contribution in [0, 0.1) is 19.3 Å².